The molecule has 2 heterocycles. The lowest BCUT2D eigenvalue weighted by molar-refractivity contribution is -0.137. The van der Waals surface area contributed by atoms with Crippen molar-refractivity contribution in [2.75, 3.05) is 7.11 Å². The summed E-state index contributed by atoms with van der Waals surface area (Å²) < 4.78 is 54.3. The normalized spacial score (nSPS) is 11.8. The van der Waals surface area contributed by atoms with Crippen molar-refractivity contribution in [1.29, 1.82) is 0 Å². The van der Waals surface area contributed by atoms with Gasteiger partial charge in [0.25, 0.3) is 5.89 Å². The van der Waals surface area contributed by atoms with Crippen LogP contribution in [0.1, 0.15) is 16.3 Å². The Balaban J connectivity index is 1.69. The van der Waals surface area contributed by atoms with Crippen LogP contribution in [0.25, 0.3) is 33.8 Å². The van der Waals surface area contributed by atoms with Crippen LogP contribution in [-0.4, -0.2) is 22.4 Å². The van der Waals surface area contributed by atoms with Crippen LogP contribution in [0.4, 0.5) is 13.2 Å². The highest BCUT2D eigenvalue weighted by molar-refractivity contribution is 6.43. The molecule has 0 aliphatic carbocycles. The third-order valence-electron chi connectivity index (χ3n) is 4.43. The maximum absolute atomic E-state index is 13.0. The first-order chi connectivity index (χ1) is 14.8. The molecule has 0 radical (unpaired) electrons. The lowest BCUT2D eigenvalue weighted by atomic mass is 9.99. The molecule has 0 spiro atoms. The summed E-state index contributed by atoms with van der Waals surface area (Å²) in [7, 11) is 1.30. The van der Waals surface area contributed by atoms with Crippen LogP contribution in [0.2, 0.25) is 0 Å². The molecule has 0 atom stereocenters. The first-order valence-electron chi connectivity index (χ1n) is 8.70. The van der Waals surface area contributed by atoms with Crippen LogP contribution >= 0.6 is 23.2 Å². The van der Waals surface area contributed by atoms with Crippen molar-refractivity contribution in [3.05, 3.63) is 60.2 Å². The smallest absolute Gasteiger partial charge is 0.416 e. The van der Waals surface area contributed by atoms with Crippen molar-refractivity contribution in [2.45, 2.75) is 11.0 Å². The van der Waals surface area contributed by atoms with Crippen molar-refractivity contribution in [3.8, 4) is 39.5 Å². The number of benzene rings is 2. The number of halogens is 5. The average molecular weight is 470 g/mol. The topological polar surface area (TPSA) is 74.2 Å². The summed E-state index contributed by atoms with van der Waals surface area (Å²) in [5.74, 6) is 0.431. The third kappa shape index (κ3) is 4.24. The van der Waals surface area contributed by atoms with Gasteiger partial charge in [0.1, 0.15) is 17.7 Å². The number of hydrogen-bond acceptors (Lipinski definition) is 6. The van der Waals surface area contributed by atoms with E-state index in [0.29, 0.717) is 33.8 Å². The third-order valence-corrected chi connectivity index (χ3v) is 4.81. The van der Waals surface area contributed by atoms with Crippen molar-refractivity contribution in [1.82, 2.24) is 15.3 Å². The first-order valence-corrected chi connectivity index (χ1v) is 9.57. The molecule has 4 rings (SSSR count). The molecule has 31 heavy (non-hydrogen) atoms. The van der Waals surface area contributed by atoms with Gasteiger partial charge >= 0.3 is 6.18 Å². The highest BCUT2D eigenvalue weighted by Gasteiger charge is 2.31. The van der Waals surface area contributed by atoms with E-state index < -0.39 is 16.6 Å². The molecular formula is C20H12Cl2F3N3O3. The second kappa shape index (κ2) is 8.24. The van der Waals surface area contributed by atoms with E-state index in [-0.39, 0.29) is 11.6 Å². The van der Waals surface area contributed by atoms with Crippen molar-refractivity contribution in [3.63, 3.8) is 0 Å². The molecule has 0 aliphatic rings. The fourth-order valence-electron chi connectivity index (χ4n) is 2.94. The van der Waals surface area contributed by atoms with Gasteiger partial charge in [-0.05, 0) is 18.2 Å². The van der Waals surface area contributed by atoms with Crippen molar-refractivity contribution >= 4 is 23.2 Å². The molecule has 0 unspecified atom stereocenters. The summed E-state index contributed by atoms with van der Waals surface area (Å²) in [5, 5.41) is 7.82. The standard InChI is InChI=1S/C20H12Cl2F3N3O3/c1-29-15-8-12(20(23,24)25)6-7-13(15)14-9-30-27-16(14)10-2-4-11(5-3-10)18-26-19(17(21)22)31-28-18/h2-9,17H,1H3. The Bertz CT molecular complexity index is 1200. The van der Waals surface area contributed by atoms with E-state index >= 15 is 0 Å². The molecule has 0 aliphatic heterocycles. The fourth-order valence-corrected chi connectivity index (χ4v) is 3.12. The molecule has 4 aromatic rings. The minimum absolute atomic E-state index is 0.0481. The van der Waals surface area contributed by atoms with Gasteiger partial charge in [-0.2, -0.15) is 18.2 Å². The Hall–Kier alpha value is -3.04. The monoisotopic (exact) mass is 469 g/mol. The zero-order valence-electron chi connectivity index (χ0n) is 15.7. The highest BCUT2D eigenvalue weighted by Crippen LogP contribution is 2.40. The summed E-state index contributed by atoms with van der Waals surface area (Å²) >= 11 is 11.4. The predicted octanol–water partition coefficient (Wildman–Crippen LogP) is 6.56. The molecule has 2 aromatic heterocycles. The molecule has 0 saturated carbocycles. The summed E-state index contributed by atoms with van der Waals surface area (Å²) in [4.78, 5) is 3.17. The van der Waals surface area contributed by atoms with E-state index in [1.165, 1.54) is 19.4 Å². The van der Waals surface area contributed by atoms with Gasteiger partial charge in [0.05, 0.1) is 18.2 Å². The number of nitrogens with zero attached hydrogens (tertiary/aromatic N) is 3. The van der Waals surface area contributed by atoms with E-state index in [2.05, 4.69) is 15.3 Å². The SMILES string of the molecule is COc1cc(C(F)(F)F)ccc1-c1conc1-c1ccc(-c2noc(C(Cl)Cl)n2)cc1. The van der Waals surface area contributed by atoms with E-state index in [4.69, 9.17) is 37.0 Å². The molecule has 0 bridgehead atoms. The summed E-state index contributed by atoms with van der Waals surface area (Å²) in [6, 6.07) is 10.2. The zero-order valence-corrected chi connectivity index (χ0v) is 17.2. The van der Waals surface area contributed by atoms with Gasteiger partial charge in [0, 0.05) is 16.7 Å². The number of methoxy groups -OCH3 is 1. The molecule has 6 nitrogen and oxygen atoms in total. The van der Waals surface area contributed by atoms with E-state index in [1.807, 2.05) is 0 Å². The number of alkyl halides is 5. The van der Waals surface area contributed by atoms with Gasteiger partial charge in [-0.3, -0.25) is 0 Å². The van der Waals surface area contributed by atoms with Crippen LogP contribution in [0.3, 0.4) is 0 Å². The first kappa shape index (κ1) is 21.2. The second-order valence-electron chi connectivity index (χ2n) is 6.32. The Morgan fingerprint density at radius 1 is 0.968 bits per heavy atom. The van der Waals surface area contributed by atoms with Gasteiger partial charge < -0.3 is 13.8 Å². The summed E-state index contributed by atoms with van der Waals surface area (Å²) in [6.07, 6.45) is -3.14. The predicted molar refractivity (Wildman–Crippen MR) is 107 cm³/mol. The van der Waals surface area contributed by atoms with Crippen LogP contribution in [0.15, 0.2) is 57.8 Å². The van der Waals surface area contributed by atoms with Crippen molar-refractivity contribution in [2.24, 2.45) is 0 Å². The number of hydrogen-bond donors (Lipinski definition) is 0. The number of rotatable bonds is 5. The molecule has 11 heteroatoms. The maximum atomic E-state index is 13.0. The quantitative estimate of drug-likeness (QED) is 0.308. The van der Waals surface area contributed by atoms with Crippen molar-refractivity contribution < 1.29 is 27.0 Å². The fraction of sp³-hybridized carbons (Fsp3) is 0.150. The molecule has 0 saturated heterocycles. The minimum atomic E-state index is -4.49. The Labute approximate surface area is 183 Å². The summed E-state index contributed by atoms with van der Waals surface area (Å²) in [6.45, 7) is 0. The van der Waals surface area contributed by atoms with Crippen LogP contribution < -0.4 is 4.74 Å². The minimum Gasteiger partial charge on any atom is -0.496 e. The molecule has 0 fully saturated rings. The zero-order chi connectivity index (χ0) is 22.2. The Morgan fingerprint density at radius 2 is 1.68 bits per heavy atom. The van der Waals surface area contributed by atoms with Gasteiger partial charge in [0.15, 0.2) is 4.84 Å². The van der Waals surface area contributed by atoms with Gasteiger partial charge in [-0.25, -0.2) is 0 Å². The molecule has 0 N–H and O–H groups in total. The summed E-state index contributed by atoms with van der Waals surface area (Å²) in [5.41, 5.74) is 1.81. The molecular weight excluding hydrogens is 458 g/mol. The van der Waals surface area contributed by atoms with Crippen LogP contribution in [0, 0.1) is 0 Å². The number of ether oxygens (including phenoxy) is 1. The Morgan fingerprint density at radius 3 is 2.29 bits per heavy atom. The number of aromatic nitrogens is 3. The van der Waals surface area contributed by atoms with E-state index in [1.54, 1.807) is 24.3 Å². The largest absolute Gasteiger partial charge is 0.496 e. The van der Waals surface area contributed by atoms with Gasteiger partial charge in [-0.1, -0.05) is 57.8 Å². The van der Waals surface area contributed by atoms with Gasteiger partial charge in [-0.15, -0.1) is 0 Å². The Kier molecular flexibility index (Phi) is 5.63. The highest BCUT2D eigenvalue weighted by atomic mass is 35.5. The van der Waals surface area contributed by atoms with Gasteiger partial charge in [0.2, 0.25) is 5.82 Å². The maximum Gasteiger partial charge on any atom is 0.416 e. The molecule has 160 valence electrons. The van der Waals surface area contributed by atoms with E-state index in [9.17, 15) is 13.2 Å². The van der Waals surface area contributed by atoms with E-state index in [0.717, 1.165) is 12.1 Å². The lowest BCUT2D eigenvalue weighted by Gasteiger charge is -2.12. The average Bonchev–Trinajstić information content (AvgIpc) is 3.43. The second-order valence-corrected chi connectivity index (χ2v) is 7.42. The molecule has 0 amide bonds. The molecule has 2 aromatic carbocycles. The van der Waals surface area contributed by atoms with Crippen LogP contribution in [0.5, 0.6) is 5.75 Å². The van der Waals surface area contributed by atoms with Crippen LogP contribution in [-0.2, 0) is 6.18 Å². The lowest BCUT2D eigenvalue weighted by Crippen LogP contribution is -2.05.